The molecule has 0 saturated heterocycles. The number of aryl methyl sites for hydroxylation is 1. The maximum atomic E-state index is 4.38. The van der Waals surface area contributed by atoms with Gasteiger partial charge in [-0.25, -0.2) is 0 Å². The molecule has 0 fully saturated rings. The number of guanidine groups is 1. The average Bonchev–Trinajstić information content (AvgIpc) is 2.96. The second-order valence-corrected chi connectivity index (χ2v) is 7.31. The van der Waals surface area contributed by atoms with Crippen LogP contribution in [0.2, 0.25) is 0 Å². The van der Waals surface area contributed by atoms with E-state index in [1.54, 1.807) is 11.8 Å². The van der Waals surface area contributed by atoms with Crippen molar-refractivity contribution in [2.24, 2.45) is 10.9 Å². The summed E-state index contributed by atoms with van der Waals surface area (Å²) in [6.07, 6.45) is 8.06. The van der Waals surface area contributed by atoms with Crippen molar-refractivity contribution < 1.29 is 0 Å². The van der Waals surface area contributed by atoms with Crippen molar-refractivity contribution in [3.05, 3.63) is 18.5 Å². The molecule has 0 spiro atoms. The molecule has 0 aromatic carbocycles. The summed E-state index contributed by atoms with van der Waals surface area (Å²) in [4.78, 5) is 6.52. The van der Waals surface area contributed by atoms with Gasteiger partial charge in [0.25, 0.3) is 0 Å². The van der Waals surface area contributed by atoms with Gasteiger partial charge in [-0.3, -0.25) is 4.99 Å². The molecular weight excluding hydrogens is 332 g/mol. The Morgan fingerprint density at radius 3 is 2.76 bits per heavy atom. The number of allylic oxidation sites excluding steroid dienone is 1. The lowest BCUT2D eigenvalue weighted by Crippen LogP contribution is -2.39. The van der Waals surface area contributed by atoms with Gasteiger partial charge in [0, 0.05) is 40.2 Å². The molecule has 142 valence electrons. The molecule has 7 heteroatoms. The highest BCUT2D eigenvalue weighted by molar-refractivity contribution is 7.98. The van der Waals surface area contributed by atoms with E-state index in [4.69, 9.17) is 0 Å². The van der Waals surface area contributed by atoms with Gasteiger partial charge in [-0.1, -0.05) is 31.7 Å². The smallest absolute Gasteiger partial charge is 0.193 e. The Morgan fingerprint density at radius 2 is 2.16 bits per heavy atom. The maximum Gasteiger partial charge on any atom is 0.193 e. The van der Waals surface area contributed by atoms with Crippen molar-refractivity contribution in [2.75, 3.05) is 33.4 Å². The minimum absolute atomic E-state index is 0.585. The third kappa shape index (κ3) is 7.50. The first kappa shape index (κ1) is 21.5. The Hall–Kier alpha value is -1.50. The first-order valence-electron chi connectivity index (χ1n) is 9.02. The van der Waals surface area contributed by atoms with Crippen LogP contribution < -0.4 is 5.32 Å². The molecule has 0 aliphatic carbocycles. The predicted octanol–water partition coefficient (Wildman–Crippen LogP) is 3.06. The molecule has 6 nitrogen and oxygen atoms in total. The van der Waals surface area contributed by atoms with Crippen molar-refractivity contribution in [3.63, 3.8) is 0 Å². The van der Waals surface area contributed by atoms with Crippen LogP contribution in [0.3, 0.4) is 0 Å². The van der Waals surface area contributed by atoms with Crippen LogP contribution in [0.25, 0.3) is 0 Å². The van der Waals surface area contributed by atoms with Gasteiger partial charge < -0.3 is 14.8 Å². The molecule has 0 aliphatic rings. The third-order valence-corrected chi connectivity index (χ3v) is 4.53. The van der Waals surface area contributed by atoms with E-state index in [-0.39, 0.29) is 0 Å². The third-order valence-electron chi connectivity index (χ3n) is 3.86. The summed E-state index contributed by atoms with van der Waals surface area (Å²) in [7, 11) is 3.90. The molecule has 0 amide bonds. The first-order chi connectivity index (χ1) is 12.0. The van der Waals surface area contributed by atoms with Crippen LogP contribution in [0.5, 0.6) is 0 Å². The lowest BCUT2D eigenvalue weighted by Gasteiger charge is -2.21. The normalized spacial score (nSPS) is 11.8. The number of aromatic nitrogens is 3. The number of unbranched alkanes of at least 4 members (excludes halogenated alkanes) is 1. The average molecular weight is 367 g/mol. The molecule has 25 heavy (non-hydrogen) atoms. The molecule has 0 unspecified atom stereocenters. The van der Waals surface area contributed by atoms with Crippen molar-refractivity contribution >= 4 is 17.7 Å². The van der Waals surface area contributed by atoms with Crippen molar-refractivity contribution in [1.29, 1.82) is 0 Å². The summed E-state index contributed by atoms with van der Waals surface area (Å²) < 4.78 is 2.26. The van der Waals surface area contributed by atoms with E-state index < -0.39 is 0 Å². The minimum Gasteiger partial charge on any atom is -0.356 e. The number of hydrogen-bond donors (Lipinski definition) is 1. The standard InChI is InChI=1S/C18H34N6S/c1-7-8-9-13-23(5)17(19-4)20-12-10-11-16-21-22-18(25-6)24(16)14-15(2)3/h7,15H,1,8-14H2,2-6H3,(H,19,20). The van der Waals surface area contributed by atoms with E-state index in [2.05, 4.69) is 63.7 Å². The van der Waals surface area contributed by atoms with Gasteiger partial charge in [0.1, 0.15) is 5.82 Å². The number of nitrogens with one attached hydrogen (secondary N) is 1. The topological polar surface area (TPSA) is 58.3 Å². The zero-order chi connectivity index (χ0) is 18.7. The molecule has 1 heterocycles. The van der Waals surface area contributed by atoms with E-state index >= 15 is 0 Å². The highest BCUT2D eigenvalue weighted by Crippen LogP contribution is 2.16. The van der Waals surface area contributed by atoms with E-state index in [1.807, 2.05) is 13.1 Å². The van der Waals surface area contributed by atoms with Crippen LogP contribution in [-0.4, -0.2) is 59.1 Å². The fourth-order valence-corrected chi connectivity index (χ4v) is 3.14. The predicted molar refractivity (Wildman–Crippen MR) is 108 cm³/mol. The van der Waals surface area contributed by atoms with Gasteiger partial charge >= 0.3 is 0 Å². The molecule has 0 bridgehead atoms. The second kappa shape index (κ2) is 12.0. The van der Waals surface area contributed by atoms with Gasteiger partial charge in [-0.15, -0.1) is 16.8 Å². The van der Waals surface area contributed by atoms with Crippen LogP contribution >= 0.6 is 11.8 Å². The molecule has 0 aliphatic heterocycles. The largest absolute Gasteiger partial charge is 0.356 e. The van der Waals surface area contributed by atoms with Gasteiger partial charge in [0.15, 0.2) is 11.1 Å². The Balaban J connectivity index is 2.46. The number of aliphatic imine (C=N–C) groups is 1. The lowest BCUT2D eigenvalue weighted by atomic mass is 10.2. The lowest BCUT2D eigenvalue weighted by molar-refractivity contribution is 0.465. The summed E-state index contributed by atoms with van der Waals surface area (Å²) >= 11 is 1.66. The molecule has 1 rings (SSSR count). The van der Waals surface area contributed by atoms with Crippen LogP contribution in [0, 0.1) is 5.92 Å². The fourth-order valence-electron chi connectivity index (χ4n) is 2.61. The monoisotopic (exact) mass is 366 g/mol. The molecule has 1 aromatic rings. The second-order valence-electron chi connectivity index (χ2n) is 6.54. The number of rotatable bonds is 11. The SMILES string of the molecule is C=CCCCN(C)C(=NC)NCCCc1nnc(SC)n1CC(C)C. The van der Waals surface area contributed by atoms with E-state index in [1.165, 1.54) is 0 Å². The van der Waals surface area contributed by atoms with Crippen molar-refractivity contribution in [3.8, 4) is 0 Å². The Kier molecular flexibility index (Phi) is 10.3. The summed E-state index contributed by atoms with van der Waals surface area (Å²) in [5, 5.41) is 13.1. The Bertz CT molecular complexity index is 538. The van der Waals surface area contributed by atoms with Gasteiger partial charge in [0.05, 0.1) is 0 Å². The van der Waals surface area contributed by atoms with E-state index in [9.17, 15) is 0 Å². The number of nitrogens with zero attached hydrogens (tertiary/aromatic N) is 5. The molecule has 0 radical (unpaired) electrons. The molecule has 1 aromatic heterocycles. The van der Waals surface area contributed by atoms with Gasteiger partial charge in [0.2, 0.25) is 0 Å². The van der Waals surface area contributed by atoms with Crippen molar-refractivity contribution in [2.45, 2.75) is 51.2 Å². The quantitative estimate of drug-likeness (QED) is 0.214. The first-order valence-corrected chi connectivity index (χ1v) is 10.2. The highest BCUT2D eigenvalue weighted by atomic mass is 32.2. The van der Waals surface area contributed by atoms with Crippen molar-refractivity contribution in [1.82, 2.24) is 25.0 Å². The van der Waals surface area contributed by atoms with Crippen LogP contribution in [0.4, 0.5) is 0 Å². The van der Waals surface area contributed by atoms with E-state index in [0.717, 1.165) is 62.3 Å². The summed E-state index contributed by atoms with van der Waals surface area (Å²) in [6, 6.07) is 0. The fraction of sp³-hybridized carbons (Fsp3) is 0.722. The maximum absolute atomic E-state index is 4.38. The molecule has 0 atom stereocenters. The highest BCUT2D eigenvalue weighted by Gasteiger charge is 2.12. The summed E-state index contributed by atoms with van der Waals surface area (Å²) in [5.74, 6) is 2.61. The Morgan fingerprint density at radius 1 is 1.40 bits per heavy atom. The minimum atomic E-state index is 0.585. The summed E-state index contributed by atoms with van der Waals surface area (Å²) in [6.45, 7) is 11.0. The molecular formula is C18H34N6S. The van der Waals surface area contributed by atoms with Gasteiger partial charge in [-0.2, -0.15) is 0 Å². The van der Waals surface area contributed by atoms with Crippen LogP contribution in [-0.2, 0) is 13.0 Å². The Labute approximate surface area is 157 Å². The van der Waals surface area contributed by atoms with Crippen LogP contribution in [0.15, 0.2) is 22.8 Å². The zero-order valence-electron chi connectivity index (χ0n) is 16.5. The molecule has 1 N–H and O–H groups in total. The van der Waals surface area contributed by atoms with Gasteiger partial charge in [-0.05, 0) is 31.4 Å². The van der Waals surface area contributed by atoms with Crippen LogP contribution in [0.1, 0.15) is 38.9 Å². The summed E-state index contributed by atoms with van der Waals surface area (Å²) in [5.41, 5.74) is 0. The zero-order valence-corrected chi connectivity index (χ0v) is 17.3. The van der Waals surface area contributed by atoms with E-state index in [0.29, 0.717) is 5.92 Å². The molecule has 0 saturated carbocycles. The number of thioether (sulfide) groups is 1. The number of hydrogen-bond acceptors (Lipinski definition) is 4.